The van der Waals surface area contributed by atoms with E-state index in [0.717, 1.165) is 24.3 Å². The number of nitrogens with zero attached hydrogens (tertiary/aromatic N) is 1. The van der Waals surface area contributed by atoms with E-state index >= 15 is 0 Å². The highest BCUT2D eigenvalue weighted by Gasteiger charge is 2.13. The normalized spacial score (nSPS) is 11.7. The summed E-state index contributed by atoms with van der Waals surface area (Å²) in [6, 6.07) is 18.3. The van der Waals surface area contributed by atoms with Gasteiger partial charge in [0.1, 0.15) is 5.75 Å². The molecule has 0 heterocycles. The van der Waals surface area contributed by atoms with Crippen molar-refractivity contribution in [2.24, 2.45) is 0 Å². The van der Waals surface area contributed by atoms with Gasteiger partial charge >= 0.3 is 0 Å². The second-order valence-electron chi connectivity index (χ2n) is 5.12. The molecule has 0 bridgehead atoms. The van der Waals surface area contributed by atoms with Gasteiger partial charge in [-0.15, -0.1) is 0 Å². The summed E-state index contributed by atoms with van der Waals surface area (Å²) < 4.78 is 5.73. The standard InChI is InChI=1S/C19H22N2O/c1-3-18(17-10-5-6-11-19(17)22-4-2)21-14-16-9-7-8-15(12-16)13-20/h5-12,18,21H,3-4,14H2,1-2H3. The smallest absolute Gasteiger partial charge is 0.124 e. The van der Waals surface area contributed by atoms with E-state index in [1.165, 1.54) is 5.56 Å². The van der Waals surface area contributed by atoms with Gasteiger partial charge < -0.3 is 10.1 Å². The van der Waals surface area contributed by atoms with Gasteiger partial charge in [0.15, 0.2) is 0 Å². The number of hydrogen-bond donors (Lipinski definition) is 1. The molecule has 1 unspecified atom stereocenters. The van der Waals surface area contributed by atoms with Gasteiger partial charge in [0, 0.05) is 18.2 Å². The summed E-state index contributed by atoms with van der Waals surface area (Å²) in [5.41, 5.74) is 3.00. The van der Waals surface area contributed by atoms with Crippen LogP contribution in [0.2, 0.25) is 0 Å². The molecule has 1 N–H and O–H groups in total. The molecule has 3 heteroatoms. The van der Waals surface area contributed by atoms with E-state index in [1.54, 1.807) is 0 Å². The fourth-order valence-corrected chi connectivity index (χ4v) is 2.52. The Balaban J connectivity index is 2.11. The van der Waals surface area contributed by atoms with Gasteiger partial charge in [0.25, 0.3) is 0 Å². The molecule has 0 fully saturated rings. The first-order valence-electron chi connectivity index (χ1n) is 7.72. The predicted molar refractivity (Wildman–Crippen MR) is 88.6 cm³/mol. The van der Waals surface area contributed by atoms with Crippen LogP contribution in [0.15, 0.2) is 48.5 Å². The minimum atomic E-state index is 0.230. The van der Waals surface area contributed by atoms with Crippen LogP contribution in [-0.4, -0.2) is 6.61 Å². The van der Waals surface area contributed by atoms with Crippen LogP contribution in [0.1, 0.15) is 43.0 Å². The minimum absolute atomic E-state index is 0.230. The van der Waals surface area contributed by atoms with Crippen molar-refractivity contribution in [2.75, 3.05) is 6.61 Å². The van der Waals surface area contributed by atoms with Gasteiger partial charge in [0.05, 0.1) is 18.2 Å². The monoisotopic (exact) mass is 294 g/mol. The van der Waals surface area contributed by atoms with E-state index in [1.807, 2.05) is 49.4 Å². The average molecular weight is 294 g/mol. The lowest BCUT2D eigenvalue weighted by Gasteiger charge is -2.20. The maximum absolute atomic E-state index is 8.97. The number of nitriles is 1. The number of nitrogens with one attached hydrogen (secondary N) is 1. The molecule has 0 aliphatic heterocycles. The fraction of sp³-hybridized carbons (Fsp3) is 0.316. The van der Waals surface area contributed by atoms with Gasteiger partial charge in [0.2, 0.25) is 0 Å². The van der Waals surface area contributed by atoms with Crippen LogP contribution in [0.3, 0.4) is 0 Å². The van der Waals surface area contributed by atoms with Crippen LogP contribution < -0.4 is 10.1 Å². The Morgan fingerprint density at radius 2 is 1.95 bits per heavy atom. The Kier molecular flexibility index (Phi) is 6.00. The molecule has 0 aromatic heterocycles. The van der Waals surface area contributed by atoms with Gasteiger partial charge in [-0.2, -0.15) is 5.26 Å². The van der Waals surface area contributed by atoms with E-state index in [-0.39, 0.29) is 6.04 Å². The Bertz CT molecular complexity index is 646. The number of rotatable bonds is 7. The minimum Gasteiger partial charge on any atom is -0.494 e. The molecule has 0 aliphatic rings. The Morgan fingerprint density at radius 1 is 1.14 bits per heavy atom. The summed E-state index contributed by atoms with van der Waals surface area (Å²) in [5, 5.41) is 12.5. The zero-order chi connectivity index (χ0) is 15.8. The van der Waals surface area contributed by atoms with E-state index in [4.69, 9.17) is 10.00 Å². The second kappa shape index (κ2) is 8.21. The molecular weight excluding hydrogens is 272 g/mol. The van der Waals surface area contributed by atoms with Crippen LogP contribution in [0.4, 0.5) is 0 Å². The highest BCUT2D eigenvalue weighted by Crippen LogP contribution is 2.27. The maximum Gasteiger partial charge on any atom is 0.124 e. The van der Waals surface area contributed by atoms with Gasteiger partial charge in [-0.05, 0) is 37.1 Å². The highest BCUT2D eigenvalue weighted by atomic mass is 16.5. The summed E-state index contributed by atoms with van der Waals surface area (Å²) in [5.74, 6) is 0.940. The zero-order valence-electron chi connectivity index (χ0n) is 13.2. The first-order chi connectivity index (χ1) is 10.8. The largest absolute Gasteiger partial charge is 0.494 e. The van der Waals surface area contributed by atoms with Crippen molar-refractivity contribution >= 4 is 0 Å². The first-order valence-corrected chi connectivity index (χ1v) is 7.72. The lowest BCUT2D eigenvalue weighted by molar-refractivity contribution is 0.330. The summed E-state index contributed by atoms with van der Waals surface area (Å²) in [4.78, 5) is 0. The van der Waals surface area contributed by atoms with E-state index in [9.17, 15) is 0 Å². The molecule has 0 radical (unpaired) electrons. The third-order valence-corrected chi connectivity index (χ3v) is 3.61. The highest BCUT2D eigenvalue weighted by molar-refractivity contribution is 5.36. The van der Waals surface area contributed by atoms with Crippen molar-refractivity contribution in [1.82, 2.24) is 5.32 Å². The van der Waals surface area contributed by atoms with Crippen LogP contribution in [0.5, 0.6) is 5.75 Å². The molecule has 22 heavy (non-hydrogen) atoms. The quantitative estimate of drug-likeness (QED) is 0.832. The number of benzene rings is 2. The molecule has 2 aromatic carbocycles. The molecule has 0 aliphatic carbocycles. The summed E-state index contributed by atoms with van der Waals surface area (Å²) in [7, 11) is 0. The van der Waals surface area contributed by atoms with E-state index < -0.39 is 0 Å². The van der Waals surface area contributed by atoms with Crippen molar-refractivity contribution in [3.8, 4) is 11.8 Å². The van der Waals surface area contributed by atoms with Crippen LogP contribution in [0.25, 0.3) is 0 Å². The molecule has 2 aromatic rings. The Labute approximate surface area is 132 Å². The Morgan fingerprint density at radius 3 is 2.68 bits per heavy atom. The van der Waals surface area contributed by atoms with Crippen molar-refractivity contribution in [1.29, 1.82) is 5.26 Å². The molecule has 2 rings (SSSR count). The number of ether oxygens (including phenoxy) is 1. The van der Waals surface area contributed by atoms with Crippen LogP contribution in [-0.2, 0) is 6.54 Å². The molecule has 0 amide bonds. The molecule has 0 saturated carbocycles. The van der Waals surface area contributed by atoms with Gasteiger partial charge in [-0.25, -0.2) is 0 Å². The van der Waals surface area contributed by atoms with Crippen LogP contribution >= 0.6 is 0 Å². The number of hydrogen-bond acceptors (Lipinski definition) is 3. The first kappa shape index (κ1) is 16.1. The molecule has 0 spiro atoms. The van der Waals surface area contributed by atoms with E-state index in [2.05, 4.69) is 24.4 Å². The lowest BCUT2D eigenvalue weighted by Crippen LogP contribution is -2.21. The zero-order valence-corrected chi connectivity index (χ0v) is 13.2. The van der Waals surface area contributed by atoms with Gasteiger partial charge in [-0.3, -0.25) is 0 Å². The SMILES string of the molecule is CCOc1ccccc1C(CC)NCc1cccc(C#N)c1. The molecule has 114 valence electrons. The van der Waals surface area contributed by atoms with Crippen molar-refractivity contribution in [3.05, 3.63) is 65.2 Å². The topological polar surface area (TPSA) is 45.0 Å². The summed E-state index contributed by atoms with van der Waals surface area (Å²) >= 11 is 0. The van der Waals surface area contributed by atoms with Gasteiger partial charge in [-0.1, -0.05) is 37.3 Å². The molecule has 1 atom stereocenters. The number of para-hydroxylation sites is 1. The second-order valence-corrected chi connectivity index (χ2v) is 5.12. The van der Waals surface area contributed by atoms with Crippen LogP contribution in [0, 0.1) is 11.3 Å². The lowest BCUT2D eigenvalue weighted by atomic mass is 10.0. The predicted octanol–water partition coefficient (Wildman–Crippen LogP) is 4.20. The third kappa shape index (κ3) is 4.09. The average Bonchev–Trinajstić information content (AvgIpc) is 2.57. The fourth-order valence-electron chi connectivity index (χ4n) is 2.52. The Hall–Kier alpha value is -2.31. The third-order valence-electron chi connectivity index (χ3n) is 3.61. The summed E-state index contributed by atoms with van der Waals surface area (Å²) in [6.45, 7) is 5.55. The molecule has 3 nitrogen and oxygen atoms in total. The molecular formula is C19H22N2O. The van der Waals surface area contributed by atoms with Crippen molar-refractivity contribution < 1.29 is 4.74 Å². The van der Waals surface area contributed by atoms with Crippen molar-refractivity contribution in [3.63, 3.8) is 0 Å². The molecule has 0 saturated heterocycles. The maximum atomic E-state index is 8.97. The summed E-state index contributed by atoms with van der Waals surface area (Å²) in [6.07, 6.45) is 0.974. The van der Waals surface area contributed by atoms with E-state index in [0.29, 0.717) is 12.2 Å². The van der Waals surface area contributed by atoms with Crippen molar-refractivity contribution in [2.45, 2.75) is 32.9 Å².